The normalized spacial score (nSPS) is 17.4. The summed E-state index contributed by atoms with van der Waals surface area (Å²) in [5, 5.41) is 3.32. The van der Waals surface area contributed by atoms with Crippen molar-refractivity contribution in [1.29, 1.82) is 0 Å². The third kappa shape index (κ3) is 7.34. The molecule has 1 saturated heterocycles. The smallest absolute Gasteiger partial charge is 0.305 e. The van der Waals surface area contributed by atoms with Crippen LogP contribution in [0.1, 0.15) is 39.5 Å². The lowest BCUT2D eigenvalue weighted by Crippen LogP contribution is -2.28. The number of piperidine rings is 1. The van der Waals surface area contributed by atoms with Gasteiger partial charge in [-0.1, -0.05) is 0 Å². The van der Waals surface area contributed by atoms with Crippen LogP contribution < -0.4 is 5.32 Å². The summed E-state index contributed by atoms with van der Waals surface area (Å²) in [6, 6.07) is 0. The van der Waals surface area contributed by atoms with E-state index >= 15 is 0 Å². The average molecular weight is 243 g/mol. The molecule has 0 unspecified atom stereocenters. The number of carbonyl (C=O) groups excluding carboxylic acids is 1. The van der Waals surface area contributed by atoms with Gasteiger partial charge in [-0.2, -0.15) is 0 Å². The van der Waals surface area contributed by atoms with E-state index in [-0.39, 0.29) is 12.1 Å². The molecule has 0 radical (unpaired) electrons. The van der Waals surface area contributed by atoms with Crippen LogP contribution in [-0.2, 0) is 14.3 Å². The Kier molecular flexibility index (Phi) is 7.21. The van der Waals surface area contributed by atoms with Crippen molar-refractivity contribution in [3.05, 3.63) is 0 Å². The number of nitrogens with one attached hydrogen (secondary N) is 1. The van der Waals surface area contributed by atoms with Crippen molar-refractivity contribution in [3.63, 3.8) is 0 Å². The Morgan fingerprint density at radius 3 is 2.65 bits per heavy atom. The lowest BCUT2D eigenvalue weighted by molar-refractivity contribution is -0.146. The number of esters is 1. The fourth-order valence-corrected chi connectivity index (χ4v) is 2.00. The monoisotopic (exact) mass is 243 g/mol. The van der Waals surface area contributed by atoms with E-state index in [1.807, 2.05) is 13.8 Å². The van der Waals surface area contributed by atoms with E-state index in [1.165, 1.54) is 12.8 Å². The van der Waals surface area contributed by atoms with Crippen LogP contribution in [0.4, 0.5) is 0 Å². The van der Waals surface area contributed by atoms with Crippen molar-refractivity contribution in [3.8, 4) is 0 Å². The van der Waals surface area contributed by atoms with Gasteiger partial charge in [0.05, 0.1) is 12.7 Å². The van der Waals surface area contributed by atoms with Crippen molar-refractivity contribution in [1.82, 2.24) is 5.32 Å². The second-order valence-corrected chi connectivity index (χ2v) is 4.87. The first-order valence-electron chi connectivity index (χ1n) is 6.66. The van der Waals surface area contributed by atoms with Crippen LogP contribution in [0.2, 0.25) is 0 Å². The molecule has 1 rings (SSSR count). The number of ether oxygens (including phenoxy) is 2. The lowest BCUT2D eigenvalue weighted by Gasteiger charge is -2.21. The Balaban J connectivity index is 1.96. The van der Waals surface area contributed by atoms with Crippen molar-refractivity contribution >= 4 is 5.97 Å². The van der Waals surface area contributed by atoms with E-state index in [0.29, 0.717) is 25.6 Å². The van der Waals surface area contributed by atoms with Gasteiger partial charge in [-0.3, -0.25) is 4.79 Å². The zero-order chi connectivity index (χ0) is 12.5. The number of rotatable bonds is 7. The van der Waals surface area contributed by atoms with Gasteiger partial charge >= 0.3 is 5.97 Å². The fraction of sp³-hybridized carbons (Fsp3) is 0.923. The second kappa shape index (κ2) is 8.48. The highest BCUT2D eigenvalue weighted by atomic mass is 16.6. The summed E-state index contributed by atoms with van der Waals surface area (Å²) in [5.41, 5.74) is 0. The molecule has 0 aliphatic carbocycles. The standard InChI is InChI=1S/C13H25NO3/c1-11(2)16-9-10-17-13(15)4-3-12-5-7-14-8-6-12/h11-12,14H,3-10H2,1-2H3. The minimum Gasteiger partial charge on any atom is -0.463 e. The Labute approximate surface area is 104 Å². The topological polar surface area (TPSA) is 47.6 Å². The summed E-state index contributed by atoms with van der Waals surface area (Å²) in [6.07, 6.45) is 4.08. The molecule has 0 amide bonds. The first-order valence-corrected chi connectivity index (χ1v) is 6.66. The molecule has 0 spiro atoms. The largest absolute Gasteiger partial charge is 0.463 e. The van der Waals surface area contributed by atoms with Crippen molar-refractivity contribution in [2.24, 2.45) is 5.92 Å². The maximum atomic E-state index is 11.4. The zero-order valence-corrected chi connectivity index (χ0v) is 11.0. The van der Waals surface area contributed by atoms with E-state index < -0.39 is 0 Å². The van der Waals surface area contributed by atoms with Crippen molar-refractivity contribution < 1.29 is 14.3 Å². The summed E-state index contributed by atoms with van der Waals surface area (Å²) < 4.78 is 10.4. The molecule has 0 saturated carbocycles. The van der Waals surface area contributed by atoms with Gasteiger partial charge < -0.3 is 14.8 Å². The highest BCUT2D eigenvalue weighted by Gasteiger charge is 2.14. The van der Waals surface area contributed by atoms with E-state index in [4.69, 9.17) is 9.47 Å². The van der Waals surface area contributed by atoms with Crippen LogP contribution in [0.15, 0.2) is 0 Å². The van der Waals surface area contributed by atoms with Crippen LogP contribution >= 0.6 is 0 Å². The molecular formula is C13H25NO3. The zero-order valence-electron chi connectivity index (χ0n) is 11.0. The number of hydrogen-bond acceptors (Lipinski definition) is 4. The van der Waals surface area contributed by atoms with Gasteiger partial charge in [0.2, 0.25) is 0 Å². The summed E-state index contributed by atoms with van der Waals surface area (Å²) in [4.78, 5) is 11.4. The molecule has 1 aliphatic heterocycles. The third-order valence-corrected chi connectivity index (χ3v) is 3.01. The second-order valence-electron chi connectivity index (χ2n) is 4.87. The Morgan fingerprint density at radius 1 is 1.29 bits per heavy atom. The average Bonchev–Trinajstić information content (AvgIpc) is 2.33. The third-order valence-electron chi connectivity index (χ3n) is 3.01. The van der Waals surface area contributed by atoms with Crippen LogP contribution in [0.5, 0.6) is 0 Å². The molecule has 100 valence electrons. The molecule has 17 heavy (non-hydrogen) atoms. The minimum atomic E-state index is -0.0871. The van der Waals surface area contributed by atoms with E-state index in [0.717, 1.165) is 19.5 Å². The summed E-state index contributed by atoms with van der Waals surface area (Å²) >= 11 is 0. The summed E-state index contributed by atoms with van der Waals surface area (Å²) in [6.45, 7) is 6.99. The van der Waals surface area contributed by atoms with Gasteiger partial charge in [0.15, 0.2) is 0 Å². The van der Waals surface area contributed by atoms with Gasteiger partial charge in [-0.25, -0.2) is 0 Å². The maximum absolute atomic E-state index is 11.4. The quantitative estimate of drug-likeness (QED) is 0.546. The Morgan fingerprint density at radius 2 is 2.00 bits per heavy atom. The highest BCUT2D eigenvalue weighted by Crippen LogP contribution is 2.17. The highest BCUT2D eigenvalue weighted by molar-refractivity contribution is 5.69. The van der Waals surface area contributed by atoms with Gasteiger partial charge in [-0.05, 0) is 52.1 Å². The molecule has 0 aromatic rings. The molecule has 1 N–H and O–H groups in total. The van der Waals surface area contributed by atoms with Gasteiger partial charge in [0.25, 0.3) is 0 Å². The molecule has 0 atom stereocenters. The molecule has 1 heterocycles. The van der Waals surface area contributed by atoms with E-state index in [1.54, 1.807) is 0 Å². The molecular weight excluding hydrogens is 218 g/mol. The maximum Gasteiger partial charge on any atom is 0.305 e. The molecule has 4 heteroatoms. The van der Waals surface area contributed by atoms with Gasteiger partial charge in [0.1, 0.15) is 6.61 Å². The Hall–Kier alpha value is -0.610. The number of carbonyl (C=O) groups is 1. The molecule has 4 nitrogen and oxygen atoms in total. The molecule has 1 aliphatic rings. The summed E-state index contributed by atoms with van der Waals surface area (Å²) in [7, 11) is 0. The first-order chi connectivity index (χ1) is 8.18. The predicted molar refractivity (Wildman–Crippen MR) is 66.9 cm³/mol. The Bertz CT molecular complexity index is 213. The molecule has 0 aromatic carbocycles. The van der Waals surface area contributed by atoms with Crippen molar-refractivity contribution in [2.45, 2.75) is 45.6 Å². The van der Waals surface area contributed by atoms with Gasteiger partial charge in [-0.15, -0.1) is 0 Å². The minimum absolute atomic E-state index is 0.0871. The molecule has 0 aromatic heterocycles. The first kappa shape index (κ1) is 14.5. The SMILES string of the molecule is CC(C)OCCOC(=O)CCC1CCNCC1. The molecule has 0 bridgehead atoms. The predicted octanol–water partition coefficient (Wildman–Crippen LogP) is 1.73. The van der Waals surface area contributed by atoms with Crippen molar-refractivity contribution in [2.75, 3.05) is 26.3 Å². The van der Waals surface area contributed by atoms with E-state index in [9.17, 15) is 4.79 Å². The van der Waals surface area contributed by atoms with Gasteiger partial charge in [0, 0.05) is 6.42 Å². The summed E-state index contributed by atoms with van der Waals surface area (Å²) in [5.74, 6) is 0.603. The van der Waals surface area contributed by atoms with E-state index in [2.05, 4.69) is 5.32 Å². The number of hydrogen-bond donors (Lipinski definition) is 1. The van der Waals surface area contributed by atoms with Crippen LogP contribution in [0.25, 0.3) is 0 Å². The fourth-order valence-electron chi connectivity index (χ4n) is 2.00. The lowest BCUT2D eigenvalue weighted by atomic mass is 9.93. The van der Waals surface area contributed by atoms with Crippen LogP contribution in [-0.4, -0.2) is 38.4 Å². The van der Waals surface area contributed by atoms with Crippen LogP contribution in [0.3, 0.4) is 0 Å². The van der Waals surface area contributed by atoms with Crippen LogP contribution in [0, 0.1) is 5.92 Å². The molecule has 1 fully saturated rings.